The average molecular weight is 193 g/mol. The summed E-state index contributed by atoms with van der Waals surface area (Å²) in [5.41, 5.74) is 0. The lowest BCUT2D eigenvalue weighted by molar-refractivity contribution is -0.125. The summed E-state index contributed by atoms with van der Waals surface area (Å²) in [6, 6.07) is 2.05. The third-order valence-corrected chi connectivity index (χ3v) is 3.13. The average Bonchev–Trinajstić information content (AvgIpc) is 2.15. The Hall–Kier alpha value is -0.840. The van der Waals surface area contributed by atoms with Crippen molar-refractivity contribution in [2.45, 2.75) is 51.9 Å². The number of ketones is 1. The lowest BCUT2D eigenvalue weighted by Gasteiger charge is -2.19. The van der Waals surface area contributed by atoms with Gasteiger partial charge >= 0.3 is 0 Å². The molecule has 2 nitrogen and oxygen atoms in total. The topological polar surface area (TPSA) is 40.9 Å². The molecule has 14 heavy (non-hydrogen) atoms. The Balaban J connectivity index is 2.48. The van der Waals surface area contributed by atoms with E-state index >= 15 is 0 Å². The van der Waals surface area contributed by atoms with Crippen molar-refractivity contribution in [2.75, 3.05) is 0 Å². The van der Waals surface area contributed by atoms with E-state index in [1.165, 1.54) is 19.3 Å². The quantitative estimate of drug-likeness (QED) is 0.676. The molecule has 0 aromatic rings. The fourth-order valence-corrected chi connectivity index (χ4v) is 2.16. The Bertz CT molecular complexity index is 221. The smallest absolute Gasteiger partial charge is 0.152 e. The number of carbonyl (C=O) groups is 1. The van der Waals surface area contributed by atoms with Gasteiger partial charge in [-0.1, -0.05) is 32.1 Å². The van der Waals surface area contributed by atoms with Crippen molar-refractivity contribution in [3.8, 4) is 6.07 Å². The molecular weight excluding hydrogens is 174 g/mol. The van der Waals surface area contributed by atoms with E-state index in [9.17, 15) is 4.79 Å². The highest BCUT2D eigenvalue weighted by Gasteiger charge is 2.23. The van der Waals surface area contributed by atoms with Gasteiger partial charge in [0.15, 0.2) is 5.78 Å². The maximum atomic E-state index is 11.8. The predicted molar refractivity (Wildman–Crippen MR) is 55.6 cm³/mol. The molecule has 0 N–H and O–H groups in total. The van der Waals surface area contributed by atoms with Crippen LogP contribution in [0.1, 0.15) is 51.9 Å². The van der Waals surface area contributed by atoms with Crippen LogP contribution in [-0.4, -0.2) is 5.78 Å². The van der Waals surface area contributed by atoms with E-state index in [0.29, 0.717) is 0 Å². The first-order chi connectivity index (χ1) is 6.75. The zero-order valence-electron chi connectivity index (χ0n) is 8.96. The first-order valence-electron chi connectivity index (χ1n) is 5.69. The lowest BCUT2D eigenvalue weighted by atomic mass is 9.84. The van der Waals surface area contributed by atoms with Gasteiger partial charge in [-0.3, -0.25) is 4.79 Å². The highest BCUT2D eigenvalue weighted by Crippen LogP contribution is 2.24. The molecule has 0 aromatic heterocycles. The minimum absolute atomic E-state index is 0.171. The van der Waals surface area contributed by atoms with Crippen LogP contribution in [0.2, 0.25) is 0 Å². The molecule has 1 fully saturated rings. The minimum Gasteiger partial charge on any atom is -0.298 e. The van der Waals surface area contributed by atoms with Crippen molar-refractivity contribution in [3.05, 3.63) is 0 Å². The van der Waals surface area contributed by atoms with Crippen LogP contribution in [0, 0.1) is 23.2 Å². The van der Waals surface area contributed by atoms with Gasteiger partial charge in [-0.15, -0.1) is 0 Å². The van der Waals surface area contributed by atoms with Crippen LogP contribution in [0.4, 0.5) is 0 Å². The first-order valence-corrected chi connectivity index (χ1v) is 5.69. The molecule has 0 bridgehead atoms. The first kappa shape index (κ1) is 11.2. The Morgan fingerprint density at radius 2 is 1.71 bits per heavy atom. The lowest BCUT2D eigenvalue weighted by Crippen LogP contribution is -2.21. The number of rotatable bonds is 2. The summed E-state index contributed by atoms with van der Waals surface area (Å²) in [5, 5.41) is 8.69. The maximum Gasteiger partial charge on any atom is 0.152 e. The molecule has 0 spiro atoms. The number of nitrogens with zero attached hydrogens (tertiary/aromatic N) is 1. The summed E-state index contributed by atoms with van der Waals surface area (Å²) in [4.78, 5) is 11.8. The van der Waals surface area contributed by atoms with E-state index in [0.717, 1.165) is 25.7 Å². The largest absolute Gasteiger partial charge is 0.298 e. The summed E-state index contributed by atoms with van der Waals surface area (Å²) in [6.07, 6.45) is 8.16. The second-order valence-corrected chi connectivity index (χ2v) is 4.30. The summed E-state index contributed by atoms with van der Waals surface area (Å²) in [5.74, 6) is -0.0567. The molecule has 1 aliphatic carbocycles. The number of hydrogen-bond acceptors (Lipinski definition) is 2. The van der Waals surface area contributed by atoms with Gasteiger partial charge in [0.1, 0.15) is 5.92 Å². The molecule has 1 aliphatic rings. The van der Waals surface area contributed by atoms with Crippen molar-refractivity contribution in [3.63, 3.8) is 0 Å². The molecule has 1 unspecified atom stereocenters. The van der Waals surface area contributed by atoms with Gasteiger partial charge in [-0.2, -0.15) is 5.26 Å². The molecule has 0 aliphatic heterocycles. The maximum absolute atomic E-state index is 11.8. The Labute approximate surface area is 86.3 Å². The standard InChI is InChI=1S/C12H19NO/c1-10(9-13)12(14)11-7-5-3-2-4-6-8-11/h10-11H,2-8H2,1H3. The number of carbonyl (C=O) groups excluding carboxylic acids is 1. The minimum atomic E-state index is -0.403. The highest BCUT2D eigenvalue weighted by molar-refractivity contribution is 5.85. The van der Waals surface area contributed by atoms with Crippen LogP contribution >= 0.6 is 0 Å². The summed E-state index contributed by atoms with van der Waals surface area (Å²) < 4.78 is 0. The SMILES string of the molecule is CC(C#N)C(=O)C1CCCCCCC1. The molecule has 0 radical (unpaired) electrons. The second-order valence-electron chi connectivity index (χ2n) is 4.30. The fraction of sp³-hybridized carbons (Fsp3) is 0.833. The Kier molecular flexibility index (Phi) is 4.65. The van der Waals surface area contributed by atoms with Crippen LogP contribution in [0.5, 0.6) is 0 Å². The molecule has 0 amide bonds. The van der Waals surface area contributed by atoms with Crippen LogP contribution in [-0.2, 0) is 4.79 Å². The molecule has 0 heterocycles. The van der Waals surface area contributed by atoms with E-state index in [4.69, 9.17) is 5.26 Å². The molecule has 1 rings (SSSR count). The molecule has 1 saturated carbocycles. The summed E-state index contributed by atoms with van der Waals surface area (Å²) in [6.45, 7) is 1.72. The van der Waals surface area contributed by atoms with Gasteiger partial charge < -0.3 is 0 Å². The van der Waals surface area contributed by atoms with Crippen LogP contribution in [0.25, 0.3) is 0 Å². The van der Waals surface area contributed by atoms with Gasteiger partial charge in [0.2, 0.25) is 0 Å². The number of Topliss-reactive ketones (excluding diaryl/α,β-unsaturated/α-hetero) is 1. The summed E-state index contributed by atoms with van der Waals surface area (Å²) >= 11 is 0. The van der Waals surface area contributed by atoms with Gasteiger partial charge in [0.25, 0.3) is 0 Å². The number of nitriles is 1. The zero-order valence-corrected chi connectivity index (χ0v) is 8.96. The molecule has 2 heteroatoms. The van der Waals surface area contributed by atoms with Crippen LogP contribution in [0.15, 0.2) is 0 Å². The van der Waals surface area contributed by atoms with E-state index in [1.807, 2.05) is 6.07 Å². The van der Waals surface area contributed by atoms with Crippen molar-refractivity contribution in [1.29, 1.82) is 5.26 Å². The number of hydrogen-bond donors (Lipinski definition) is 0. The van der Waals surface area contributed by atoms with E-state index in [2.05, 4.69) is 0 Å². The molecule has 0 saturated heterocycles. The molecule has 0 aromatic carbocycles. The van der Waals surface area contributed by atoms with Gasteiger partial charge in [0.05, 0.1) is 6.07 Å². The summed E-state index contributed by atoms with van der Waals surface area (Å²) in [7, 11) is 0. The third-order valence-electron chi connectivity index (χ3n) is 3.13. The molecule has 78 valence electrons. The third kappa shape index (κ3) is 3.14. The normalized spacial score (nSPS) is 21.7. The Morgan fingerprint density at radius 3 is 2.21 bits per heavy atom. The van der Waals surface area contributed by atoms with Gasteiger partial charge in [0, 0.05) is 5.92 Å². The van der Waals surface area contributed by atoms with Crippen LogP contribution in [0.3, 0.4) is 0 Å². The predicted octanol–water partition coefficient (Wildman–Crippen LogP) is 3.08. The van der Waals surface area contributed by atoms with Gasteiger partial charge in [-0.05, 0) is 19.8 Å². The van der Waals surface area contributed by atoms with Gasteiger partial charge in [-0.25, -0.2) is 0 Å². The highest BCUT2D eigenvalue weighted by atomic mass is 16.1. The second kappa shape index (κ2) is 5.80. The Morgan fingerprint density at radius 1 is 1.21 bits per heavy atom. The van der Waals surface area contributed by atoms with Crippen LogP contribution < -0.4 is 0 Å². The van der Waals surface area contributed by atoms with Crippen molar-refractivity contribution >= 4 is 5.78 Å². The molecular formula is C12H19NO. The van der Waals surface area contributed by atoms with Crippen molar-refractivity contribution < 1.29 is 4.79 Å². The monoisotopic (exact) mass is 193 g/mol. The van der Waals surface area contributed by atoms with Crippen molar-refractivity contribution in [1.82, 2.24) is 0 Å². The molecule has 1 atom stereocenters. The van der Waals surface area contributed by atoms with E-state index in [1.54, 1.807) is 6.92 Å². The van der Waals surface area contributed by atoms with E-state index < -0.39 is 5.92 Å². The fourth-order valence-electron chi connectivity index (χ4n) is 2.16. The van der Waals surface area contributed by atoms with Crippen molar-refractivity contribution in [2.24, 2.45) is 11.8 Å². The zero-order chi connectivity index (χ0) is 10.4. The van der Waals surface area contributed by atoms with E-state index in [-0.39, 0.29) is 11.7 Å².